The van der Waals surface area contributed by atoms with Crippen LogP contribution in [0.4, 0.5) is 4.79 Å². The van der Waals surface area contributed by atoms with E-state index in [1.54, 1.807) is 4.90 Å². The molecule has 15 nitrogen and oxygen atoms in total. The van der Waals surface area contributed by atoms with Gasteiger partial charge in [-0.25, -0.2) is 4.79 Å². The van der Waals surface area contributed by atoms with Crippen molar-refractivity contribution >= 4 is 12.0 Å². The third kappa shape index (κ3) is 13.0. The molecule has 4 saturated carbocycles. The molecule has 4 aliphatic carbocycles. The number of carbonyl (C=O) groups excluding carboxylic acids is 2. The van der Waals surface area contributed by atoms with E-state index in [1.807, 2.05) is 29.2 Å². The average Bonchev–Trinajstić information content (AvgIpc) is 3.69. The van der Waals surface area contributed by atoms with Gasteiger partial charge in [-0.2, -0.15) is 5.26 Å². The van der Waals surface area contributed by atoms with E-state index in [9.17, 15) is 35.3 Å². The van der Waals surface area contributed by atoms with Gasteiger partial charge >= 0.3 is 6.09 Å². The summed E-state index contributed by atoms with van der Waals surface area (Å²) in [6.45, 7) is 4.71. The van der Waals surface area contributed by atoms with Gasteiger partial charge in [-0.15, -0.1) is 0 Å². The summed E-state index contributed by atoms with van der Waals surface area (Å²) in [5.74, 6) is 1.76. The number of unbranched alkanes of at least 4 members (excludes halogenated alkanes) is 3. The first-order valence-electron chi connectivity index (χ1n) is 21.2. The Bertz CT molecular complexity index is 1430. The Hall–Kier alpha value is -3.07. The molecule has 7 N–H and O–H groups in total. The van der Waals surface area contributed by atoms with E-state index >= 15 is 0 Å². The van der Waals surface area contributed by atoms with Gasteiger partial charge in [0.15, 0.2) is 0 Å². The van der Waals surface area contributed by atoms with Crippen molar-refractivity contribution in [1.29, 1.82) is 5.26 Å². The molecule has 9 atom stereocenters. The molecule has 0 aromatic heterocycles. The minimum atomic E-state index is -1.65. The van der Waals surface area contributed by atoms with Gasteiger partial charge in [-0.05, 0) is 100 Å². The summed E-state index contributed by atoms with van der Waals surface area (Å²) in [4.78, 5) is 29.1. The Morgan fingerprint density at radius 1 is 0.982 bits per heavy atom. The van der Waals surface area contributed by atoms with Crippen molar-refractivity contribution in [1.82, 2.24) is 20.4 Å². The highest BCUT2D eigenvalue weighted by molar-refractivity contribution is 5.79. The van der Waals surface area contributed by atoms with Crippen molar-refractivity contribution in [3.05, 3.63) is 29.8 Å². The number of amides is 2. The molecule has 6 rings (SSSR count). The van der Waals surface area contributed by atoms with Gasteiger partial charge in [0.25, 0.3) is 0 Å². The van der Waals surface area contributed by atoms with Crippen LogP contribution in [0.25, 0.3) is 0 Å². The predicted molar refractivity (Wildman–Crippen MR) is 211 cm³/mol. The monoisotopic (exact) mass is 801 g/mol. The molecule has 0 radical (unpaired) electrons. The van der Waals surface area contributed by atoms with Crippen LogP contribution >= 0.6 is 0 Å². The van der Waals surface area contributed by atoms with Crippen LogP contribution in [0.1, 0.15) is 89.5 Å². The average molecular weight is 802 g/mol. The number of alkyl carbamates (subject to hydrolysis) is 1. The Morgan fingerprint density at radius 2 is 1.72 bits per heavy atom. The zero-order valence-electron chi connectivity index (χ0n) is 33.7. The normalized spacial score (nSPS) is 27.2. The number of aliphatic hydroxyl groups is 5. The van der Waals surface area contributed by atoms with Crippen LogP contribution in [0.3, 0.4) is 0 Å². The van der Waals surface area contributed by atoms with E-state index < -0.39 is 37.1 Å². The van der Waals surface area contributed by atoms with E-state index in [0.29, 0.717) is 50.2 Å². The molecule has 0 spiro atoms. The van der Waals surface area contributed by atoms with Crippen LogP contribution in [-0.4, -0.2) is 155 Å². The number of nitriles is 1. The zero-order valence-corrected chi connectivity index (χ0v) is 33.7. The molecule has 1 aromatic carbocycles. The van der Waals surface area contributed by atoms with Gasteiger partial charge in [0.2, 0.25) is 5.91 Å². The van der Waals surface area contributed by atoms with Gasteiger partial charge in [0.05, 0.1) is 44.1 Å². The molecule has 320 valence electrons. The van der Waals surface area contributed by atoms with E-state index in [0.717, 1.165) is 76.2 Å². The van der Waals surface area contributed by atoms with Gasteiger partial charge in [-0.1, -0.05) is 38.3 Å². The Morgan fingerprint density at radius 3 is 2.42 bits per heavy atom. The summed E-state index contributed by atoms with van der Waals surface area (Å²) in [5.41, 5.74) is 0.644. The van der Waals surface area contributed by atoms with Crippen LogP contribution in [0.5, 0.6) is 5.75 Å². The SMILES string of the molecule is CCCCCCN(CCc1ccc(OCCNC(=O)OCCOC23CC4C[C@@H](CC(NCC(=O)N5CCC[C@H]5C#N)(C4)C2)C3)cc1)C[C@H](O)[C@@H](O)[C@H](O)[C@H](O)CO. The molecular formula is C42H67N5O10. The van der Waals surface area contributed by atoms with Crippen molar-refractivity contribution in [3.63, 3.8) is 0 Å². The highest BCUT2D eigenvalue weighted by Gasteiger charge is 2.58. The van der Waals surface area contributed by atoms with Gasteiger partial charge in [0.1, 0.15) is 43.3 Å². The molecule has 1 saturated heterocycles. The lowest BCUT2D eigenvalue weighted by Crippen LogP contribution is -2.66. The molecule has 2 amide bonds. The lowest BCUT2D eigenvalue weighted by Gasteiger charge is -2.62. The fraction of sp³-hybridized carbons (Fsp3) is 0.786. The molecule has 57 heavy (non-hydrogen) atoms. The summed E-state index contributed by atoms with van der Waals surface area (Å²) in [6.07, 6.45) is 5.96. The predicted octanol–water partition coefficient (Wildman–Crippen LogP) is 1.86. The largest absolute Gasteiger partial charge is 0.492 e. The zero-order chi connectivity index (χ0) is 40.8. The van der Waals surface area contributed by atoms with Gasteiger partial charge < -0.3 is 60.2 Å². The minimum absolute atomic E-state index is 0.00545. The highest BCUT2D eigenvalue weighted by Crippen LogP contribution is 2.58. The van der Waals surface area contributed by atoms with Crippen LogP contribution < -0.4 is 15.4 Å². The second-order valence-corrected chi connectivity index (χ2v) is 17.0. The van der Waals surface area contributed by atoms with Crippen molar-refractivity contribution in [2.24, 2.45) is 11.8 Å². The maximum absolute atomic E-state index is 13.0. The number of hydrogen-bond donors (Lipinski definition) is 7. The summed E-state index contributed by atoms with van der Waals surface area (Å²) >= 11 is 0. The third-order valence-electron chi connectivity index (χ3n) is 12.4. The van der Waals surface area contributed by atoms with Crippen molar-refractivity contribution in [2.45, 2.75) is 132 Å². The van der Waals surface area contributed by atoms with Gasteiger partial charge in [-0.3, -0.25) is 4.79 Å². The number of benzene rings is 1. The number of ether oxygens (including phenoxy) is 3. The van der Waals surface area contributed by atoms with Crippen LogP contribution in [0, 0.1) is 23.2 Å². The Labute approximate surface area is 337 Å². The molecule has 5 fully saturated rings. The number of hydrogen-bond acceptors (Lipinski definition) is 13. The minimum Gasteiger partial charge on any atom is -0.492 e. The van der Waals surface area contributed by atoms with Crippen LogP contribution in [0.15, 0.2) is 24.3 Å². The molecule has 5 aliphatic rings. The van der Waals surface area contributed by atoms with Crippen molar-refractivity contribution in [3.8, 4) is 11.8 Å². The summed E-state index contributed by atoms with van der Waals surface area (Å²) in [5, 5.41) is 65.5. The highest BCUT2D eigenvalue weighted by atomic mass is 16.6. The van der Waals surface area contributed by atoms with E-state index in [2.05, 4.69) is 23.6 Å². The van der Waals surface area contributed by atoms with Crippen molar-refractivity contribution < 1.29 is 49.3 Å². The first kappa shape index (κ1) is 45.0. The summed E-state index contributed by atoms with van der Waals surface area (Å²) in [7, 11) is 0. The lowest BCUT2D eigenvalue weighted by atomic mass is 9.51. The molecule has 3 unspecified atom stereocenters. The van der Waals surface area contributed by atoms with E-state index in [1.165, 1.54) is 6.42 Å². The number of nitrogens with zero attached hydrogens (tertiary/aromatic N) is 3. The molecule has 1 heterocycles. The standard InChI is InChI=1S/C42H67N5O10/c1-2-3-4-5-14-46(27-35(49)38(52)39(53)36(50)28-48)16-12-30-8-10-34(11-9-30)55-17-13-44-40(54)56-18-19-57-42-23-31-20-32(24-42)22-41(21-31,29-42)45-26-37(51)47-15-6-7-33(47)25-43/h8-11,31-33,35-36,38-39,45,48-50,52-53H,2-7,12-24,26-29H2,1H3,(H,44,54)/t31-,32?,33-,35-,36+,38+,39+,41?,42?/m0/s1. The molecule has 4 bridgehead atoms. The number of carbonyl (C=O) groups is 2. The first-order valence-corrected chi connectivity index (χ1v) is 21.2. The number of aliphatic hydroxyl groups excluding tert-OH is 5. The third-order valence-corrected chi connectivity index (χ3v) is 12.4. The fourth-order valence-electron chi connectivity index (χ4n) is 9.92. The second kappa shape index (κ2) is 21.8. The Kier molecular flexibility index (Phi) is 17.2. The molecular weight excluding hydrogens is 734 g/mol. The maximum Gasteiger partial charge on any atom is 0.407 e. The summed E-state index contributed by atoms with van der Waals surface area (Å²) in [6, 6.07) is 9.59. The Balaban J connectivity index is 0.969. The first-order chi connectivity index (χ1) is 27.5. The van der Waals surface area contributed by atoms with E-state index in [-0.39, 0.29) is 55.9 Å². The van der Waals surface area contributed by atoms with Crippen LogP contribution in [0.2, 0.25) is 0 Å². The fourth-order valence-corrected chi connectivity index (χ4v) is 9.92. The second-order valence-electron chi connectivity index (χ2n) is 17.0. The van der Waals surface area contributed by atoms with E-state index in [4.69, 9.17) is 19.3 Å². The smallest absolute Gasteiger partial charge is 0.407 e. The topological polar surface area (TPSA) is 217 Å². The molecule has 1 aliphatic heterocycles. The number of nitrogens with one attached hydrogen (secondary N) is 2. The van der Waals surface area contributed by atoms with Gasteiger partial charge in [0, 0.05) is 25.2 Å². The van der Waals surface area contributed by atoms with Crippen molar-refractivity contribution in [2.75, 3.05) is 65.7 Å². The molecule has 1 aromatic rings. The lowest BCUT2D eigenvalue weighted by molar-refractivity contribution is -0.180. The quantitative estimate of drug-likeness (QED) is 0.0704. The number of likely N-dealkylation sites (tertiary alicyclic amines) is 1. The number of rotatable bonds is 25. The van der Waals surface area contributed by atoms with Crippen LogP contribution in [-0.2, 0) is 20.7 Å². The summed E-state index contributed by atoms with van der Waals surface area (Å²) < 4.78 is 17.7. The maximum atomic E-state index is 13.0. The molecule has 15 heteroatoms.